The normalized spacial score (nSPS) is 21.5. The molecule has 0 N–H and O–H groups in total. The van der Waals surface area contributed by atoms with Gasteiger partial charge in [0.15, 0.2) is 0 Å². The molecular weight excluding hydrogens is 780 g/mol. The van der Waals surface area contributed by atoms with Crippen LogP contribution < -0.4 is 25.5 Å². The summed E-state index contributed by atoms with van der Waals surface area (Å²) in [6.45, 7) is 44.5. The summed E-state index contributed by atoms with van der Waals surface area (Å²) in [5.41, 5.74) is 25.0. The molecule has 3 heterocycles. The van der Waals surface area contributed by atoms with Gasteiger partial charge in [0.2, 0.25) is 0 Å². The van der Waals surface area contributed by atoms with Crippen LogP contribution in [0.15, 0.2) is 54.6 Å². The maximum Gasteiger partial charge on any atom is 0.264 e. The van der Waals surface area contributed by atoms with Gasteiger partial charge in [-0.3, -0.25) is 0 Å². The second-order valence-electron chi connectivity index (χ2n) is 26.0. The molecule has 63 heavy (non-hydrogen) atoms. The maximum absolute atomic E-state index is 2.81. The van der Waals surface area contributed by atoms with E-state index in [0.717, 1.165) is 0 Å². The Kier molecular flexibility index (Phi) is 9.04. The van der Waals surface area contributed by atoms with Crippen LogP contribution in [0, 0.1) is 20.8 Å². The van der Waals surface area contributed by atoms with Gasteiger partial charge in [0.1, 0.15) is 0 Å². The molecule has 330 valence electrons. The van der Waals surface area contributed by atoms with E-state index < -0.39 is 0 Å². The minimum atomic E-state index is 0.0132. The number of anilines is 6. The molecule has 10 rings (SSSR count). The van der Waals surface area contributed by atoms with Gasteiger partial charge < -0.3 is 9.80 Å². The SMILES string of the molecule is Cc1cc2c3c(c1)N(c1c(C)cc(C(C)(C)C)cc1C)c1c(sc4c1C(C)(C)CCC4(C)C)B3c1ccc3c(c1N2c1ccc2c(c1)C(C)(C)CCC2(C)C)C(C)(C)CCC3(C)C. The number of benzene rings is 4. The lowest BCUT2D eigenvalue weighted by Crippen LogP contribution is -2.61. The second kappa shape index (κ2) is 13.2. The van der Waals surface area contributed by atoms with E-state index in [1.165, 1.54) is 123 Å². The zero-order valence-corrected chi connectivity index (χ0v) is 43.1. The van der Waals surface area contributed by atoms with E-state index in [1.54, 1.807) is 20.8 Å². The highest BCUT2D eigenvalue weighted by Crippen LogP contribution is 2.59. The summed E-state index contributed by atoms with van der Waals surface area (Å²) in [5, 5.41) is 0. The van der Waals surface area contributed by atoms with Crippen LogP contribution in [-0.2, 0) is 37.9 Å². The predicted octanol–water partition coefficient (Wildman–Crippen LogP) is 15.1. The van der Waals surface area contributed by atoms with Gasteiger partial charge in [-0.25, -0.2) is 0 Å². The number of thiophene rings is 1. The summed E-state index contributed by atoms with van der Waals surface area (Å²) in [5.74, 6) is 0. The fourth-order valence-corrected chi connectivity index (χ4v) is 14.8. The molecular formula is C59H75BN2S. The Morgan fingerprint density at radius 2 is 1.02 bits per heavy atom. The lowest BCUT2D eigenvalue weighted by atomic mass is 9.35. The van der Waals surface area contributed by atoms with Crippen molar-refractivity contribution in [1.82, 2.24) is 0 Å². The molecule has 1 aromatic heterocycles. The molecule has 5 aliphatic rings. The Labute approximate surface area is 386 Å². The van der Waals surface area contributed by atoms with Crippen LogP contribution in [0.4, 0.5) is 34.1 Å². The van der Waals surface area contributed by atoms with Gasteiger partial charge in [-0.15, -0.1) is 0 Å². The van der Waals surface area contributed by atoms with Crippen molar-refractivity contribution < 1.29 is 0 Å². The monoisotopic (exact) mass is 855 g/mol. The first-order valence-corrected chi connectivity index (χ1v) is 25.3. The number of hydrogen-bond donors (Lipinski definition) is 0. The Hall–Kier alpha value is -3.76. The van der Waals surface area contributed by atoms with Gasteiger partial charge in [-0.2, -0.15) is 11.3 Å². The van der Waals surface area contributed by atoms with Crippen molar-refractivity contribution in [2.45, 2.75) is 201 Å². The van der Waals surface area contributed by atoms with Crippen molar-refractivity contribution >= 4 is 67.9 Å². The van der Waals surface area contributed by atoms with Crippen LogP contribution in [0.3, 0.4) is 0 Å². The predicted molar refractivity (Wildman–Crippen MR) is 277 cm³/mol. The van der Waals surface area contributed by atoms with Gasteiger partial charge in [-0.05, 0) is 182 Å². The van der Waals surface area contributed by atoms with Gasteiger partial charge in [0, 0.05) is 32.4 Å². The van der Waals surface area contributed by atoms with Gasteiger partial charge >= 0.3 is 0 Å². The third kappa shape index (κ3) is 6.14. The Morgan fingerprint density at radius 1 is 0.508 bits per heavy atom. The van der Waals surface area contributed by atoms with Crippen molar-refractivity contribution in [3.8, 4) is 0 Å². The average molecular weight is 855 g/mol. The molecule has 2 nitrogen and oxygen atoms in total. The van der Waals surface area contributed by atoms with E-state index in [4.69, 9.17) is 0 Å². The van der Waals surface area contributed by atoms with E-state index in [0.29, 0.717) is 0 Å². The van der Waals surface area contributed by atoms with Crippen molar-refractivity contribution in [3.63, 3.8) is 0 Å². The Balaban J connectivity index is 1.37. The van der Waals surface area contributed by atoms with Crippen molar-refractivity contribution in [3.05, 3.63) is 110 Å². The van der Waals surface area contributed by atoms with Crippen LogP contribution >= 0.6 is 11.3 Å². The zero-order valence-electron chi connectivity index (χ0n) is 42.3. The Morgan fingerprint density at radius 3 is 1.62 bits per heavy atom. The molecule has 0 amide bonds. The largest absolute Gasteiger partial charge is 0.311 e. The number of rotatable bonds is 2. The minimum absolute atomic E-state index is 0.0132. The molecule has 0 saturated carbocycles. The first kappa shape index (κ1) is 43.2. The van der Waals surface area contributed by atoms with Crippen LogP contribution in [0.25, 0.3) is 0 Å². The zero-order chi connectivity index (χ0) is 45.5. The second-order valence-corrected chi connectivity index (χ2v) is 27.1. The third-order valence-electron chi connectivity index (χ3n) is 17.3. The summed E-state index contributed by atoms with van der Waals surface area (Å²) < 4.78 is 1.54. The number of hydrogen-bond acceptors (Lipinski definition) is 3. The number of nitrogens with zero attached hydrogens (tertiary/aromatic N) is 2. The Bertz CT molecular complexity index is 2760. The molecule has 5 aromatic rings. The highest BCUT2D eigenvalue weighted by atomic mass is 32.1. The molecule has 0 unspecified atom stereocenters. The summed E-state index contributed by atoms with van der Waals surface area (Å²) >= 11 is 2.16. The van der Waals surface area contributed by atoms with Crippen molar-refractivity contribution in [1.29, 1.82) is 0 Å². The first-order chi connectivity index (χ1) is 29.1. The van der Waals surface area contributed by atoms with E-state index in [-0.39, 0.29) is 44.6 Å². The highest BCUT2D eigenvalue weighted by molar-refractivity contribution is 7.29. The lowest BCUT2D eigenvalue weighted by molar-refractivity contribution is 0.331. The van der Waals surface area contributed by atoms with Crippen LogP contribution in [0.2, 0.25) is 0 Å². The van der Waals surface area contributed by atoms with Crippen LogP contribution in [0.5, 0.6) is 0 Å². The molecule has 0 atom stereocenters. The van der Waals surface area contributed by atoms with Gasteiger partial charge in [0.05, 0.1) is 11.4 Å². The van der Waals surface area contributed by atoms with E-state index >= 15 is 0 Å². The molecule has 0 fully saturated rings. The molecule has 3 aliphatic carbocycles. The number of aryl methyl sites for hydroxylation is 3. The smallest absolute Gasteiger partial charge is 0.264 e. The van der Waals surface area contributed by atoms with Gasteiger partial charge in [0.25, 0.3) is 6.71 Å². The fraction of sp³-hybridized carbons (Fsp3) is 0.525. The van der Waals surface area contributed by atoms with Crippen molar-refractivity contribution in [2.24, 2.45) is 0 Å². The maximum atomic E-state index is 2.81. The minimum Gasteiger partial charge on any atom is -0.311 e. The summed E-state index contributed by atoms with van der Waals surface area (Å²) in [7, 11) is 0. The fourth-order valence-electron chi connectivity index (χ4n) is 13.1. The van der Waals surface area contributed by atoms with Crippen LogP contribution in [-0.4, -0.2) is 6.71 Å². The summed E-state index contributed by atoms with van der Waals surface area (Å²) in [4.78, 5) is 7.20. The molecule has 0 bridgehead atoms. The molecule has 2 aliphatic heterocycles. The lowest BCUT2D eigenvalue weighted by Gasteiger charge is -2.50. The standard InChI is InChI=1S/C59H75BN2S/c1-34-29-43-47-44(30-34)62(48-35(2)31-37(32-36(48)3)53(4,5)6)50-46-51(59(17,18)28-27-58(46,15)16)63-52(50)60(47)42-22-21-40-45(57(13,14)26-25-55(40,9)10)49(42)61(43)38-19-20-39-41(33-38)56(11,12)24-23-54(39,7)8/h19-22,29-33H,23-28H2,1-18H3. The average Bonchev–Trinajstić information content (AvgIpc) is 3.60. The number of fused-ring (bicyclic) bond motifs is 9. The molecule has 0 spiro atoms. The van der Waals surface area contributed by atoms with Gasteiger partial charge in [-0.1, -0.05) is 134 Å². The molecule has 0 radical (unpaired) electrons. The topological polar surface area (TPSA) is 6.48 Å². The molecule has 4 aromatic carbocycles. The summed E-state index contributed by atoms with van der Waals surface area (Å²) in [6.07, 6.45) is 7.19. The first-order valence-electron chi connectivity index (χ1n) is 24.4. The highest BCUT2D eigenvalue weighted by Gasteiger charge is 2.53. The third-order valence-corrected chi connectivity index (χ3v) is 18.9. The van der Waals surface area contributed by atoms with E-state index in [2.05, 4.69) is 200 Å². The van der Waals surface area contributed by atoms with Crippen LogP contribution in [0.1, 0.15) is 197 Å². The summed E-state index contributed by atoms with van der Waals surface area (Å²) in [6, 6.07) is 23.0. The van der Waals surface area contributed by atoms with Crippen molar-refractivity contribution in [2.75, 3.05) is 9.80 Å². The quantitative estimate of drug-likeness (QED) is 0.160. The molecule has 4 heteroatoms. The molecule has 0 saturated heterocycles. The van der Waals surface area contributed by atoms with E-state index in [9.17, 15) is 0 Å². The van der Waals surface area contributed by atoms with E-state index in [1.807, 2.05) is 0 Å².